The lowest BCUT2D eigenvalue weighted by molar-refractivity contribution is -0.0294. The molecule has 2 N–H and O–H groups in total. The summed E-state index contributed by atoms with van der Waals surface area (Å²) in [5.74, 6) is 1.13. The summed E-state index contributed by atoms with van der Waals surface area (Å²) in [6.07, 6.45) is 11.5. The molecule has 1 aliphatic heterocycles. The minimum atomic E-state index is -0.886. The first-order valence-corrected chi connectivity index (χ1v) is 14.8. The minimum Gasteiger partial charge on any atom is -0.389 e. The predicted octanol–water partition coefficient (Wildman–Crippen LogP) is 4.55. The number of hydrogen-bond donors (Lipinski definition) is 2. The first-order valence-electron chi connectivity index (χ1n) is 14.8. The Hall–Kier alpha value is -3.40. The van der Waals surface area contributed by atoms with E-state index in [0.29, 0.717) is 30.5 Å². The molecule has 0 spiro atoms. The Balaban J connectivity index is 1.49. The van der Waals surface area contributed by atoms with E-state index < -0.39 is 5.60 Å². The number of aryl methyl sites for hydroxylation is 2. The monoisotopic (exact) mass is 556 g/mol. The third-order valence-electron chi connectivity index (χ3n) is 8.39. The van der Waals surface area contributed by atoms with Gasteiger partial charge in [-0.3, -0.25) is 9.48 Å². The number of morpholine rings is 1. The number of nitrogens with zero attached hydrogens (tertiary/aromatic N) is 5. The van der Waals surface area contributed by atoms with Gasteiger partial charge in [0.05, 0.1) is 41.7 Å². The number of benzene rings is 1. The van der Waals surface area contributed by atoms with Crippen LogP contribution in [0.4, 0.5) is 0 Å². The molecule has 216 valence electrons. The van der Waals surface area contributed by atoms with E-state index in [1.54, 1.807) is 36.3 Å². The Labute approximate surface area is 240 Å². The van der Waals surface area contributed by atoms with Crippen molar-refractivity contribution in [3.05, 3.63) is 64.5 Å². The maximum absolute atomic E-state index is 12.4. The van der Waals surface area contributed by atoms with Gasteiger partial charge in [-0.25, -0.2) is 9.97 Å². The highest BCUT2D eigenvalue weighted by molar-refractivity contribution is 5.88. The molecule has 3 aromatic heterocycles. The van der Waals surface area contributed by atoms with E-state index in [1.807, 2.05) is 31.5 Å². The molecule has 0 bridgehead atoms. The van der Waals surface area contributed by atoms with E-state index in [-0.39, 0.29) is 17.7 Å². The fraction of sp³-hybridized carbons (Fsp3) is 0.500. The molecule has 2 fully saturated rings. The van der Waals surface area contributed by atoms with E-state index in [9.17, 15) is 9.90 Å². The molecule has 9 nitrogen and oxygen atoms in total. The first-order chi connectivity index (χ1) is 19.7. The SMILES string of the molecule is Cc1cc(-c2ccc3nc(-c4cnn(CC(C)(C)O)c4)nc([C@H]4OCCNC4C4CCCCC4)c3c2)cn(C)c1=O. The second-order valence-corrected chi connectivity index (χ2v) is 12.4. The number of nitrogens with one attached hydrogen (secondary N) is 1. The number of aromatic nitrogens is 5. The van der Waals surface area contributed by atoms with Crippen molar-refractivity contribution in [1.29, 1.82) is 0 Å². The highest BCUT2D eigenvalue weighted by atomic mass is 16.5. The number of fused-ring (bicyclic) bond motifs is 1. The second kappa shape index (κ2) is 11.1. The minimum absolute atomic E-state index is 0.00494. The van der Waals surface area contributed by atoms with Gasteiger partial charge < -0.3 is 19.7 Å². The quantitative estimate of drug-likeness (QED) is 0.359. The third kappa shape index (κ3) is 5.84. The highest BCUT2D eigenvalue weighted by Crippen LogP contribution is 2.38. The molecule has 0 radical (unpaired) electrons. The Morgan fingerprint density at radius 3 is 2.63 bits per heavy atom. The molecular weight excluding hydrogens is 516 g/mol. The zero-order valence-electron chi connectivity index (χ0n) is 24.4. The summed E-state index contributed by atoms with van der Waals surface area (Å²) >= 11 is 0. The van der Waals surface area contributed by atoms with Gasteiger partial charge in [0.1, 0.15) is 6.10 Å². The van der Waals surface area contributed by atoms with Gasteiger partial charge in [-0.1, -0.05) is 25.3 Å². The number of pyridine rings is 1. The molecule has 6 rings (SSSR count). The summed E-state index contributed by atoms with van der Waals surface area (Å²) in [6, 6.07) is 8.35. The molecule has 1 aliphatic carbocycles. The molecule has 0 amide bonds. The Morgan fingerprint density at radius 2 is 1.88 bits per heavy atom. The van der Waals surface area contributed by atoms with Crippen LogP contribution in [-0.2, 0) is 18.3 Å². The molecule has 1 saturated heterocycles. The average molecular weight is 557 g/mol. The topological polar surface area (TPSA) is 107 Å². The summed E-state index contributed by atoms with van der Waals surface area (Å²) in [6.45, 7) is 7.21. The summed E-state index contributed by atoms with van der Waals surface area (Å²) in [7, 11) is 1.79. The van der Waals surface area contributed by atoms with E-state index in [1.165, 1.54) is 32.1 Å². The zero-order chi connectivity index (χ0) is 28.7. The summed E-state index contributed by atoms with van der Waals surface area (Å²) in [5, 5.41) is 19.5. The lowest BCUT2D eigenvalue weighted by Gasteiger charge is -2.39. The van der Waals surface area contributed by atoms with Crippen LogP contribution in [-0.4, -0.2) is 54.2 Å². The van der Waals surface area contributed by atoms with Gasteiger partial charge in [0, 0.05) is 43.0 Å². The Bertz CT molecular complexity index is 1590. The first kappa shape index (κ1) is 27.8. The van der Waals surface area contributed by atoms with Crippen LogP contribution in [0.15, 0.2) is 47.7 Å². The van der Waals surface area contributed by atoms with Gasteiger partial charge in [0.25, 0.3) is 5.56 Å². The molecule has 2 aliphatic rings. The van der Waals surface area contributed by atoms with E-state index >= 15 is 0 Å². The molecule has 9 heteroatoms. The van der Waals surface area contributed by atoms with Gasteiger partial charge in [-0.15, -0.1) is 0 Å². The largest absolute Gasteiger partial charge is 0.389 e. The average Bonchev–Trinajstić information content (AvgIpc) is 3.42. The van der Waals surface area contributed by atoms with Crippen LogP contribution in [0.1, 0.15) is 63.3 Å². The smallest absolute Gasteiger partial charge is 0.253 e. The van der Waals surface area contributed by atoms with Gasteiger partial charge in [0.15, 0.2) is 5.82 Å². The molecule has 1 saturated carbocycles. The van der Waals surface area contributed by atoms with Crippen LogP contribution in [0.25, 0.3) is 33.4 Å². The van der Waals surface area contributed by atoms with Crippen LogP contribution in [0.3, 0.4) is 0 Å². The summed E-state index contributed by atoms with van der Waals surface area (Å²) in [5.41, 5.74) is 4.32. The number of hydrogen-bond acceptors (Lipinski definition) is 7. The molecule has 4 aromatic rings. The van der Waals surface area contributed by atoms with Crippen molar-refractivity contribution in [3.8, 4) is 22.5 Å². The third-order valence-corrected chi connectivity index (χ3v) is 8.39. The van der Waals surface area contributed by atoms with Crippen LogP contribution < -0.4 is 10.9 Å². The lowest BCUT2D eigenvalue weighted by Crippen LogP contribution is -2.48. The number of rotatable bonds is 6. The normalized spacial score (nSPS) is 20.5. The standard InChI is InChI=1S/C32H40N6O3/c1-20-14-23(17-37(4)31(20)39)22-10-11-26-25(15-22)28(29-27(33-12-13-41-29)21-8-6-5-7-9-21)36-30(35-26)24-16-34-38(18-24)19-32(2,3)40/h10-11,14-18,21,27,29,33,40H,5-9,12-13,19H2,1-4H3/t27?,29-/m0/s1. The molecule has 1 unspecified atom stereocenters. The van der Waals surface area contributed by atoms with E-state index in [0.717, 1.165) is 39.8 Å². The van der Waals surface area contributed by atoms with Crippen molar-refractivity contribution in [2.24, 2.45) is 13.0 Å². The second-order valence-electron chi connectivity index (χ2n) is 12.4. The summed E-state index contributed by atoms with van der Waals surface area (Å²) in [4.78, 5) is 22.5. The molecule has 41 heavy (non-hydrogen) atoms. The van der Waals surface area contributed by atoms with Crippen LogP contribution in [0.2, 0.25) is 0 Å². The van der Waals surface area contributed by atoms with Crippen molar-refractivity contribution in [2.75, 3.05) is 13.2 Å². The number of ether oxygens (including phenoxy) is 1. The maximum atomic E-state index is 12.4. The maximum Gasteiger partial charge on any atom is 0.253 e. The Morgan fingerprint density at radius 1 is 1.07 bits per heavy atom. The Kier molecular flexibility index (Phi) is 7.52. The fourth-order valence-electron chi connectivity index (χ4n) is 6.45. The summed E-state index contributed by atoms with van der Waals surface area (Å²) < 4.78 is 9.91. The molecule has 2 atom stereocenters. The van der Waals surface area contributed by atoms with Gasteiger partial charge in [-0.2, -0.15) is 5.10 Å². The molecular formula is C32H40N6O3. The van der Waals surface area contributed by atoms with Crippen molar-refractivity contribution in [2.45, 2.75) is 77.2 Å². The highest BCUT2D eigenvalue weighted by Gasteiger charge is 2.36. The van der Waals surface area contributed by atoms with Crippen LogP contribution >= 0.6 is 0 Å². The van der Waals surface area contributed by atoms with Gasteiger partial charge in [-0.05, 0) is 68.9 Å². The van der Waals surface area contributed by atoms with Crippen molar-refractivity contribution in [3.63, 3.8) is 0 Å². The lowest BCUT2D eigenvalue weighted by atomic mass is 9.80. The number of aliphatic hydroxyl groups is 1. The molecule has 4 heterocycles. The predicted molar refractivity (Wildman–Crippen MR) is 160 cm³/mol. The zero-order valence-corrected chi connectivity index (χ0v) is 24.4. The van der Waals surface area contributed by atoms with Crippen molar-refractivity contribution >= 4 is 10.9 Å². The van der Waals surface area contributed by atoms with Gasteiger partial charge >= 0.3 is 0 Å². The van der Waals surface area contributed by atoms with Crippen LogP contribution in [0, 0.1) is 12.8 Å². The van der Waals surface area contributed by atoms with Crippen molar-refractivity contribution < 1.29 is 9.84 Å². The van der Waals surface area contributed by atoms with Crippen LogP contribution in [0.5, 0.6) is 0 Å². The molecule has 1 aromatic carbocycles. The van der Waals surface area contributed by atoms with Crippen molar-refractivity contribution in [1.82, 2.24) is 29.6 Å². The fourth-order valence-corrected chi connectivity index (χ4v) is 6.45. The van der Waals surface area contributed by atoms with E-state index in [4.69, 9.17) is 14.7 Å². The van der Waals surface area contributed by atoms with Gasteiger partial charge in [0.2, 0.25) is 0 Å². The van der Waals surface area contributed by atoms with E-state index in [2.05, 4.69) is 22.5 Å².